The van der Waals surface area contributed by atoms with Gasteiger partial charge in [-0.25, -0.2) is 0 Å². The zero-order valence-corrected chi connectivity index (χ0v) is 9.08. The minimum Gasteiger partial charge on any atom is -0.260 e. The van der Waals surface area contributed by atoms with Crippen molar-refractivity contribution in [2.24, 2.45) is 0 Å². The summed E-state index contributed by atoms with van der Waals surface area (Å²) in [6.07, 6.45) is 10.1. The van der Waals surface area contributed by atoms with Gasteiger partial charge in [-0.3, -0.25) is 4.98 Å². The number of hydrogen-bond acceptors (Lipinski definition) is 1. The molecule has 0 aromatic carbocycles. The summed E-state index contributed by atoms with van der Waals surface area (Å²) in [5, 5.41) is 0. The van der Waals surface area contributed by atoms with Crippen LogP contribution in [0.2, 0.25) is 0 Å². The lowest BCUT2D eigenvalue weighted by Gasteiger charge is -2.06. The van der Waals surface area contributed by atoms with Crippen LogP contribution < -0.4 is 0 Å². The molecule has 0 aliphatic rings. The van der Waals surface area contributed by atoms with Gasteiger partial charge in [0.15, 0.2) is 0 Å². The first-order valence-corrected chi connectivity index (χ1v) is 5.11. The van der Waals surface area contributed by atoms with Crippen molar-refractivity contribution in [3.8, 4) is 0 Å². The zero-order chi connectivity index (χ0) is 11.1. The Balaban J connectivity index is 3.01. The molecule has 1 heteroatoms. The SMILES string of the molecule is C=CCc1cnc(CC=C)c(CC=C)c1. The van der Waals surface area contributed by atoms with Gasteiger partial charge < -0.3 is 0 Å². The van der Waals surface area contributed by atoms with Gasteiger partial charge in [-0.05, 0) is 24.0 Å². The minimum atomic E-state index is 0.817. The Labute approximate surface area is 91.9 Å². The van der Waals surface area contributed by atoms with E-state index in [1.165, 1.54) is 11.1 Å². The monoisotopic (exact) mass is 199 g/mol. The topological polar surface area (TPSA) is 12.9 Å². The highest BCUT2D eigenvalue weighted by Gasteiger charge is 2.02. The van der Waals surface area contributed by atoms with Gasteiger partial charge in [0.05, 0.1) is 0 Å². The summed E-state index contributed by atoms with van der Waals surface area (Å²) in [5.41, 5.74) is 3.54. The highest BCUT2D eigenvalue weighted by atomic mass is 14.7. The van der Waals surface area contributed by atoms with Gasteiger partial charge in [0.2, 0.25) is 0 Å². The maximum Gasteiger partial charge on any atom is 0.0476 e. The molecule has 0 saturated heterocycles. The number of nitrogens with zero attached hydrogens (tertiary/aromatic N) is 1. The Morgan fingerprint density at radius 1 is 1.00 bits per heavy atom. The number of aromatic nitrogens is 1. The van der Waals surface area contributed by atoms with Crippen LogP contribution in [0, 0.1) is 0 Å². The Bertz CT molecular complexity index is 364. The maximum absolute atomic E-state index is 4.44. The van der Waals surface area contributed by atoms with Crippen molar-refractivity contribution >= 4 is 0 Å². The Hall–Kier alpha value is -1.63. The Kier molecular flexibility index (Phi) is 4.55. The molecule has 0 bridgehead atoms. The van der Waals surface area contributed by atoms with Crippen molar-refractivity contribution < 1.29 is 0 Å². The number of hydrogen-bond donors (Lipinski definition) is 0. The van der Waals surface area contributed by atoms with Crippen LogP contribution in [0.1, 0.15) is 16.8 Å². The van der Waals surface area contributed by atoms with Gasteiger partial charge in [0.1, 0.15) is 0 Å². The van der Waals surface area contributed by atoms with E-state index >= 15 is 0 Å². The first-order chi connectivity index (χ1) is 7.31. The molecule has 0 amide bonds. The molecule has 0 radical (unpaired) electrons. The van der Waals surface area contributed by atoms with Crippen molar-refractivity contribution in [3.63, 3.8) is 0 Å². The summed E-state index contributed by atoms with van der Waals surface area (Å²) in [5.74, 6) is 0. The Morgan fingerprint density at radius 2 is 1.67 bits per heavy atom. The fraction of sp³-hybridized carbons (Fsp3) is 0.214. The molecule has 1 heterocycles. The summed E-state index contributed by atoms with van der Waals surface area (Å²) < 4.78 is 0. The third-order valence-corrected chi connectivity index (χ3v) is 2.20. The van der Waals surface area contributed by atoms with E-state index in [4.69, 9.17) is 0 Å². The lowest BCUT2D eigenvalue weighted by atomic mass is 10.0. The molecule has 0 aliphatic carbocycles. The van der Waals surface area contributed by atoms with Gasteiger partial charge in [-0.2, -0.15) is 0 Å². The average Bonchev–Trinajstić information content (AvgIpc) is 2.23. The molecular weight excluding hydrogens is 182 g/mol. The highest BCUT2D eigenvalue weighted by Crippen LogP contribution is 2.12. The second kappa shape index (κ2) is 5.97. The van der Waals surface area contributed by atoms with Crippen LogP contribution in [-0.2, 0) is 19.3 Å². The van der Waals surface area contributed by atoms with E-state index in [-0.39, 0.29) is 0 Å². The smallest absolute Gasteiger partial charge is 0.0476 e. The Morgan fingerprint density at radius 3 is 2.27 bits per heavy atom. The van der Waals surface area contributed by atoms with Crippen LogP contribution in [-0.4, -0.2) is 4.98 Å². The van der Waals surface area contributed by atoms with E-state index < -0.39 is 0 Å². The van der Waals surface area contributed by atoms with Gasteiger partial charge in [0, 0.05) is 18.3 Å². The normalized spacial score (nSPS) is 9.60. The first-order valence-electron chi connectivity index (χ1n) is 5.11. The molecular formula is C14H17N. The molecule has 0 fully saturated rings. The molecule has 1 rings (SSSR count). The molecule has 1 aromatic rings. The van der Waals surface area contributed by atoms with E-state index in [1.807, 2.05) is 24.4 Å². The maximum atomic E-state index is 4.44. The molecule has 0 unspecified atom stereocenters. The largest absolute Gasteiger partial charge is 0.260 e. The molecule has 1 aromatic heterocycles. The molecule has 0 aliphatic heterocycles. The third-order valence-electron chi connectivity index (χ3n) is 2.20. The average molecular weight is 199 g/mol. The predicted molar refractivity (Wildman–Crippen MR) is 65.9 cm³/mol. The van der Waals surface area contributed by atoms with Crippen molar-refractivity contribution in [3.05, 3.63) is 67.0 Å². The van der Waals surface area contributed by atoms with Gasteiger partial charge >= 0.3 is 0 Å². The van der Waals surface area contributed by atoms with Crippen LogP contribution in [0.5, 0.6) is 0 Å². The van der Waals surface area contributed by atoms with Crippen LogP contribution in [0.4, 0.5) is 0 Å². The van der Waals surface area contributed by atoms with Crippen molar-refractivity contribution in [1.82, 2.24) is 4.98 Å². The number of pyridine rings is 1. The van der Waals surface area contributed by atoms with E-state index in [9.17, 15) is 0 Å². The van der Waals surface area contributed by atoms with Gasteiger partial charge in [0.25, 0.3) is 0 Å². The minimum absolute atomic E-state index is 0.817. The molecule has 0 saturated carbocycles. The predicted octanol–water partition coefficient (Wildman–Crippen LogP) is 3.27. The molecule has 0 atom stereocenters. The lowest BCUT2D eigenvalue weighted by Crippen LogP contribution is -1.98. The van der Waals surface area contributed by atoms with Crippen molar-refractivity contribution in [2.75, 3.05) is 0 Å². The second-order valence-corrected chi connectivity index (χ2v) is 3.43. The summed E-state index contributed by atoms with van der Waals surface area (Å²) in [7, 11) is 0. The number of allylic oxidation sites excluding steroid dienone is 3. The summed E-state index contributed by atoms with van der Waals surface area (Å²) >= 11 is 0. The van der Waals surface area contributed by atoms with Gasteiger partial charge in [-0.1, -0.05) is 24.3 Å². The highest BCUT2D eigenvalue weighted by molar-refractivity contribution is 5.29. The van der Waals surface area contributed by atoms with E-state index in [0.717, 1.165) is 25.0 Å². The first kappa shape index (κ1) is 11.4. The summed E-state index contributed by atoms with van der Waals surface area (Å²) in [6.45, 7) is 11.2. The van der Waals surface area contributed by atoms with Crippen LogP contribution in [0.25, 0.3) is 0 Å². The van der Waals surface area contributed by atoms with Gasteiger partial charge in [-0.15, -0.1) is 19.7 Å². The summed E-state index contributed by atoms with van der Waals surface area (Å²) in [4.78, 5) is 4.44. The fourth-order valence-corrected chi connectivity index (χ4v) is 1.52. The molecule has 0 spiro atoms. The molecule has 1 nitrogen and oxygen atoms in total. The lowest BCUT2D eigenvalue weighted by molar-refractivity contribution is 1.02. The molecule has 15 heavy (non-hydrogen) atoms. The fourth-order valence-electron chi connectivity index (χ4n) is 1.52. The second-order valence-electron chi connectivity index (χ2n) is 3.43. The van der Waals surface area contributed by atoms with Crippen LogP contribution in [0.3, 0.4) is 0 Å². The van der Waals surface area contributed by atoms with Crippen LogP contribution >= 0.6 is 0 Å². The van der Waals surface area contributed by atoms with Crippen LogP contribution in [0.15, 0.2) is 50.2 Å². The van der Waals surface area contributed by atoms with Crippen molar-refractivity contribution in [2.45, 2.75) is 19.3 Å². The summed E-state index contributed by atoms with van der Waals surface area (Å²) in [6, 6.07) is 2.18. The van der Waals surface area contributed by atoms with E-state index in [1.54, 1.807) is 0 Å². The third kappa shape index (κ3) is 3.21. The quantitative estimate of drug-likeness (QED) is 0.641. The number of rotatable bonds is 6. The molecule has 78 valence electrons. The van der Waals surface area contributed by atoms with E-state index in [2.05, 4.69) is 30.8 Å². The van der Waals surface area contributed by atoms with E-state index in [0.29, 0.717) is 0 Å². The standard InChI is InChI=1S/C14H17N/c1-4-7-12-10-13(8-5-2)14(9-6-3)15-11-12/h4-6,10-11H,1-3,7-9H2. The molecule has 0 N–H and O–H groups in total. The van der Waals surface area contributed by atoms with Crippen molar-refractivity contribution in [1.29, 1.82) is 0 Å². The zero-order valence-electron chi connectivity index (χ0n) is 9.08.